The first-order chi connectivity index (χ1) is 5.79. The third-order valence-electron chi connectivity index (χ3n) is 1.93. The first-order valence-corrected chi connectivity index (χ1v) is 4.19. The Balaban J connectivity index is 3.19. The zero-order valence-corrected chi connectivity index (χ0v) is 7.89. The van der Waals surface area contributed by atoms with Gasteiger partial charge in [-0.05, 0) is 25.5 Å². The number of rotatable bonds is 2. The van der Waals surface area contributed by atoms with E-state index in [1.807, 2.05) is 14.0 Å². The number of aryl methyl sites for hydroxylation is 1. The van der Waals surface area contributed by atoms with Crippen molar-refractivity contribution in [2.75, 3.05) is 12.4 Å². The summed E-state index contributed by atoms with van der Waals surface area (Å²) in [6.45, 7) is 4.15. The highest BCUT2D eigenvalue weighted by Gasteiger charge is 1.98. The maximum absolute atomic E-state index is 3.17. The molecule has 0 amide bonds. The van der Waals surface area contributed by atoms with E-state index in [2.05, 4.69) is 42.6 Å². The van der Waals surface area contributed by atoms with Crippen molar-refractivity contribution in [3.05, 3.63) is 35.4 Å². The van der Waals surface area contributed by atoms with E-state index in [0.717, 1.165) is 0 Å². The molecule has 1 nitrogen and oxygen atoms in total. The molecule has 0 aromatic heterocycles. The van der Waals surface area contributed by atoms with E-state index >= 15 is 0 Å². The van der Waals surface area contributed by atoms with Crippen molar-refractivity contribution in [3.63, 3.8) is 0 Å². The topological polar surface area (TPSA) is 12.0 Å². The quantitative estimate of drug-likeness (QED) is 0.703. The molecule has 0 aliphatic rings. The lowest BCUT2D eigenvalue weighted by Gasteiger charge is -2.07. The average Bonchev–Trinajstić information content (AvgIpc) is 2.09. The lowest BCUT2D eigenvalue weighted by Crippen LogP contribution is -1.92. The minimum absolute atomic E-state index is 1.19. The summed E-state index contributed by atoms with van der Waals surface area (Å²) in [5.41, 5.74) is 3.77. The lowest BCUT2D eigenvalue weighted by atomic mass is 10.1. The molecule has 1 rings (SSSR count). The Morgan fingerprint density at radius 3 is 2.67 bits per heavy atom. The van der Waals surface area contributed by atoms with Crippen LogP contribution in [0.1, 0.15) is 18.1 Å². The lowest BCUT2D eigenvalue weighted by molar-refractivity contribution is 1.40. The molecule has 0 aliphatic carbocycles. The molecule has 1 aromatic rings. The Labute approximate surface area is 74.1 Å². The molecule has 1 heteroatoms. The first kappa shape index (κ1) is 8.85. The van der Waals surface area contributed by atoms with Crippen LogP contribution < -0.4 is 5.32 Å². The van der Waals surface area contributed by atoms with Crippen LogP contribution in [-0.2, 0) is 0 Å². The Bertz CT molecular complexity index is 287. The van der Waals surface area contributed by atoms with E-state index in [0.29, 0.717) is 0 Å². The SMILES string of the molecule is C/C=C\c1c(C)cccc1NC. The fourth-order valence-electron chi connectivity index (χ4n) is 1.29. The normalized spacial score (nSPS) is 10.6. The molecule has 0 saturated carbocycles. The highest BCUT2D eigenvalue weighted by Crippen LogP contribution is 2.20. The zero-order valence-electron chi connectivity index (χ0n) is 7.89. The second kappa shape index (κ2) is 3.96. The number of hydrogen-bond donors (Lipinski definition) is 1. The molecule has 0 spiro atoms. The van der Waals surface area contributed by atoms with Crippen molar-refractivity contribution in [1.29, 1.82) is 0 Å². The summed E-state index contributed by atoms with van der Waals surface area (Å²) < 4.78 is 0. The molecule has 0 unspecified atom stereocenters. The second-order valence-corrected chi connectivity index (χ2v) is 2.79. The monoisotopic (exact) mass is 161 g/mol. The van der Waals surface area contributed by atoms with Gasteiger partial charge in [0, 0.05) is 18.3 Å². The highest BCUT2D eigenvalue weighted by molar-refractivity contribution is 5.69. The first-order valence-electron chi connectivity index (χ1n) is 4.19. The predicted octanol–water partition coefficient (Wildman–Crippen LogP) is 3.07. The van der Waals surface area contributed by atoms with Crippen LogP contribution in [0.5, 0.6) is 0 Å². The van der Waals surface area contributed by atoms with Crippen LogP contribution in [0.4, 0.5) is 5.69 Å². The van der Waals surface area contributed by atoms with Crippen molar-refractivity contribution in [2.24, 2.45) is 0 Å². The van der Waals surface area contributed by atoms with Crippen molar-refractivity contribution in [1.82, 2.24) is 0 Å². The van der Waals surface area contributed by atoms with Crippen LogP contribution in [0, 0.1) is 6.92 Å². The van der Waals surface area contributed by atoms with Crippen LogP contribution in [-0.4, -0.2) is 7.05 Å². The van der Waals surface area contributed by atoms with E-state index in [1.165, 1.54) is 16.8 Å². The predicted molar refractivity (Wildman–Crippen MR) is 55.4 cm³/mol. The molecule has 64 valence electrons. The van der Waals surface area contributed by atoms with Gasteiger partial charge in [0.2, 0.25) is 0 Å². The largest absolute Gasteiger partial charge is 0.388 e. The van der Waals surface area contributed by atoms with Gasteiger partial charge in [0.15, 0.2) is 0 Å². The van der Waals surface area contributed by atoms with Gasteiger partial charge in [0.05, 0.1) is 0 Å². The maximum atomic E-state index is 3.17. The van der Waals surface area contributed by atoms with Crippen molar-refractivity contribution >= 4 is 11.8 Å². The summed E-state index contributed by atoms with van der Waals surface area (Å²) in [6, 6.07) is 6.27. The molecule has 0 fully saturated rings. The van der Waals surface area contributed by atoms with Gasteiger partial charge < -0.3 is 5.32 Å². The molecule has 12 heavy (non-hydrogen) atoms. The van der Waals surface area contributed by atoms with Gasteiger partial charge in [0.25, 0.3) is 0 Å². The summed E-state index contributed by atoms with van der Waals surface area (Å²) in [7, 11) is 1.95. The average molecular weight is 161 g/mol. The molecule has 0 heterocycles. The summed E-state index contributed by atoms with van der Waals surface area (Å²) >= 11 is 0. The van der Waals surface area contributed by atoms with Gasteiger partial charge in [-0.15, -0.1) is 0 Å². The fourth-order valence-corrected chi connectivity index (χ4v) is 1.29. The molecule has 0 aliphatic heterocycles. The van der Waals surface area contributed by atoms with Crippen LogP contribution in [0.15, 0.2) is 24.3 Å². The minimum atomic E-state index is 1.19. The second-order valence-electron chi connectivity index (χ2n) is 2.79. The van der Waals surface area contributed by atoms with E-state index in [4.69, 9.17) is 0 Å². The molecule has 1 aromatic carbocycles. The third-order valence-corrected chi connectivity index (χ3v) is 1.93. The Morgan fingerprint density at radius 1 is 1.33 bits per heavy atom. The fraction of sp³-hybridized carbons (Fsp3) is 0.273. The van der Waals surface area contributed by atoms with Gasteiger partial charge in [-0.25, -0.2) is 0 Å². The van der Waals surface area contributed by atoms with Crippen molar-refractivity contribution in [2.45, 2.75) is 13.8 Å². The van der Waals surface area contributed by atoms with Gasteiger partial charge in [-0.1, -0.05) is 24.3 Å². The Kier molecular flexibility index (Phi) is 2.92. The van der Waals surface area contributed by atoms with E-state index in [9.17, 15) is 0 Å². The number of allylic oxidation sites excluding steroid dienone is 1. The summed E-state index contributed by atoms with van der Waals surface area (Å²) in [5, 5.41) is 3.17. The number of hydrogen-bond acceptors (Lipinski definition) is 1. The Hall–Kier alpha value is -1.24. The number of anilines is 1. The Morgan fingerprint density at radius 2 is 2.08 bits per heavy atom. The van der Waals surface area contributed by atoms with Gasteiger partial charge in [-0.3, -0.25) is 0 Å². The molecule has 0 saturated heterocycles. The van der Waals surface area contributed by atoms with Crippen LogP contribution in [0.2, 0.25) is 0 Å². The summed E-state index contributed by atoms with van der Waals surface area (Å²) in [6.07, 6.45) is 4.18. The zero-order chi connectivity index (χ0) is 8.97. The van der Waals surface area contributed by atoms with Crippen LogP contribution in [0.3, 0.4) is 0 Å². The standard InChI is InChI=1S/C11H15N/c1-4-6-10-9(2)7-5-8-11(10)12-3/h4-8,12H,1-3H3/b6-4-. The molecule has 0 radical (unpaired) electrons. The van der Waals surface area contributed by atoms with E-state index in [1.54, 1.807) is 0 Å². The minimum Gasteiger partial charge on any atom is -0.388 e. The van der Waals surface area contributed by atoms with Gasteiger partial charge in [0.1, 0.15) is 0 Å². The van der Waals surface area contributed by atoms with E-state index < -0.39 is 0 Å². The molecular formula is C11H15N. The van der Waals surface area contributed by atoms with Gasteiger partial charge >= 0.3 is 0 Å². The number of nitrogens with one attached hydrogen (secondary N) is 1. The molecule has 0 atom stereocenters. The molecule has 0 bridgehead atoms. The van der Waals surface area contributed by atoms with Crippen LogP contribution >= 0.6 is 0 Å². The van der Waals surface area contributed by atoms with Crippen molar-refractivity contribution in [3.8, 4) is 0 Å². The molecule has 1 N–H and O–H groups in total. The maximum Gasteiger partial charge on any atom is 0.0413 e. The van der Waals surface area contributed by atoms with E-state index in [-0.39, 0.29) is 0 Å². The van der Waals surface area contributed by atoms with Gasteiger partial charge in [-0.2, -0.15) is 0 Å². The number of benzene rings is 1. The van der Waals surface area contributed by atoms with Crippen molar-refractivity contribution < 1.29 is 0 Å². The molecular weight excluding hydrogens is 146 g/mol. The smallest absolute Gasteiger partial charge is 0.0413 e. The highest BCUT2D eigenvalue weighted by atomic mass is 14.8. The summed E-state index contributed by atoms with van der Waals surface area (Å²) in [5.74, 6) is 0. The summed E-state index contributed by atoms with van der Waals surface area (Å²) in [4.78, 5) is 0. The third kappa shape index (κ3) is 1.67. The van der Waals surface area contributed by atoms with Crippen LogP contribution in [0.25, 0.3) is 6.08 Å².